The van der Waals surface area contributed by atoms with E-state index in [0.29, 0.717) is 34.4 Å². The van der Waals surface area contributed by atoms with E-state index in [-0.39, 0.29) is 11.3 Å². The third kappa shape index (κ3) is 5.80. The van der Waals surface area contributed by atoms with Gasteiger partial charge in [-0.2, -0.15) is 26.7 Å². The molecule has 0 bridgehead atoms. The molecule has 0 spiro atoms. The summed E-state index contributed by atoms with van der Waals surface area (Å²) in [7, 11) is -5.58. The highest BCUT2D eigenvalue weighted by atomic mass is 35.5. The van der Waals surface area contributed by atoms with Crippen molar-refractivity contribution >= 4 is 50.3 Å². The Morgan fingerprint density at radius 2 is 1.83 bits per heavy atom. The fraction of sp³-hybridized carbons (Fsp3) is 0.316. The number of hydrogen-bond acceptors (Lipinski definition) is 4. The van der Waals surface area contributed by atoms with Gasteiger partial charge < -0.3 is 0 Å². The first-order valence-corrected chi connectivity index (χ1v) is 11.1. The summed E-state index contributed by atoms with van der Waals surface area (Å²) in [6.07, 6.45) is 0.695. The van der Waals surface area contributed by atoms with Crippen LogP contribution in [0.15, 0.2) is 41.5 Å². The fourth-order valence-electron chi connectivity index (χ4n) is 2.60. The molecule has 5 nitrogen and oxygen atoms in total. The average molecular weight is 482 g/mol. The van der Waals surface area contributed by atoms with Crippen molar-refractivity contribution in [2.24, 2.45) is 5.10 Å². The van der Waals surface area contributed by atoms with Gasteiger partial charge in [-0.05, 0) is 50.6 Å². The molecule has 0 aliphatic heterocycles. The van der Waals surface area contributed by atoms with E-state index in [1.807, 2.05) is 6.92 Å². The summed E-state index contributed by atoms with van der Waals surface area (Å²) in [6.45, 7) is 5.68. The second-order valence-electron chi connectivity index (χ2n) is 6.50. The molecule has 0 saturated heterocycles. The van der Waals surface area contributed by atoms with Gasteiger partial charge in [0, 0.05) is 17.1 Å². The summed E-state index contributed by atoms with van der Waals surface area (Å²) in [4.78, 5) is 0. The molecule has 0 aliphatic rings. The molecular weight excluding hydrogens is 462 g/mol. The van der Waals surface area contributed by atoms with Gasteiger partial charge in [0.15, 0.2) is 0 Å². The van der Waals surface area contributed by atoms with Crippen molar-refractivity contribution in [2.75, 3.05) is 16.3 Å². The molecule has 0 unspecified atom stereocenters. The summed E-state index contributed by atoms with van der Waals surface area (Å²) in [5, 5.41) is 6.91. The Labute approximate surface area is 183 Å². The van der Waals surface area contributed by atoms with E-state index in [0.717, 1.165) is 5.56 Å². The average Bonchev–Trinajstić information content (AvgIpc) is 2.63. The van der Waals surface area contributed by atoms with Gasteiger partial charge in [0.2, 0.25) is 0 Å². The van der Waals surface area contributed by atoms with Crippen LogP contribution in [0.3, 0.4) is 0 Å². The molecule has 2 rings (SSSR count). The third-order valence-electron chi connectivity index (χ3n) is 4.01. The van der Waals surface area contributed by atoms with Crippen LogP contribution in [0.1, 0.15) is 31.4 Å². The van der Waals surface area contributed by atoms with Crippen LogP contribution in [0.5, 0.6) is 0 Å². The van der Waals surface area contributed by atoms with Crippen LogP contribution in [0.4, 0.5) is 24.5 Å². The molecule has 0 aliphatic carbocycles. The van der Waals surface area contributed by atoms with E-state index in [2.05, 4.69) is 5.10 Å². The van der Waals surface area contributed by atoms with Gasteiger partial charge in [0.25, 0.3) is 0 Å². The van der Waals surface area contributed by atoms with E-state index < -0.39 is 15.5 Å². The van der Waals surface area contributed by atoms with Crippen LogP contribution in [-0.4, -0.2) is 26.2 Å². The zero-order chi connectivity index (χ0) is 22.7. The fourth-order valence-corrected chi connectivity index (χ4v) is 3.57. The number of hydrogen-bond donors (Lipinski definition) is 1. The van der Waals surface area contributed by atoms with Crippen molar-refractivity contribution in [1.82, 2.24) is 0 Å². The van der Waals surface area contributed by atoms with Gasteiger partial charge in [-0.1, -0.05) is 41.8 Å². The predicted octanol–water partition coefficient (Wildman–Crippen LogP) is 6.20. The van der Waals surface area contributed by atoms with Crippen molar-refractivity contribution < 1.29 is 21.6 Å². The maximum atomic E-state index is 12.8. The lowest BCUT2D eigenvalue weighted by atomic mass is 10.1. The van der Waals surface area contributed by atoms with Crippen molar-refractivity contribution in [1.29, 1.82) is 0 Å². The Balaban J connectivity index is 2.54. The van der Waals surface area contributed by atoms with Crippen LogP contribution in [0.2, 0.25) is 10.0 Å². The number of halogens is 5. The minimum atomic E-state index is -5.58. The van der Waals surface area contributed by atoms with Crippen LogP contribution in [0, 0.1) is 6.92 Å². The minimum Gasteiger partial charge on any atom is -0.275 e. The molecule has 164 valence electrons. The van der Waals surface area contributed by atoms with Crippen LogP contribution < -0.4 is 9.73 Å². The quantitative estimate of drug-likeness (QED) is 0.378. The highest BCUT2D eigenvalue weighted by Crippen LogP contribution is 2.31. The molecule has 0 heterocycles. The Hall–Kier alpha value is -1.97. The Kier molecular flexibility index (Phi) is 7.65. The zero-order valence-corrected chi connectivity index (χ0v) is 18.7. The minimum absolute atomic E-state index is 0.210. The largest absolute Gasteiger partial charge is 0.516 e. The molecule has 1 N–H and O–H groups in total. The van der Waals surface area contributed by atoms with Gasteiger partial charge in [-0.3, -0.25) is 9.73 Å². The monoisotopic (exact) mass is 481 g/mol. The van der Waals surface area contributed by atoms with Crippen LogP contribution in [-0.2, 0) is 10.0 Å². The predicted molar refractivity (Wildman–Crippen MR) is 116 cm³/mol. The van der Waals surface area contributed by atoms with E-state index in [4.69, 9.17) is 23.2 Å². The smallest absolute Gasteiger partial charge is 0.275 e. The molecule has 0 amide bonds. The molecule has 0 atom stereocenters. The van der Waals surface area contributed by atoms with E-state index >= 15 is 0 Å². The molecule has 11 heteroatoms. The van der Waals surface area contributed by atoms with Crippen molar-refractivity contribution in [3.8, 4) is 0 Å². The third-order valence-corrected chi connectivity index (χ3v) is 5.66. The van der Waals surface area contributed by atoms with Gasteiger partial charge in [-0.15, -0.1) is 0 Å². The number of aryl methyl sites for hydroxylation is 1. The lowest BCUT2D eigenvalue weighted by molar-refractivity contribution is -0.0429. The molecular formula is C19H20Cl2F3N3O2S. The Morgan fingerprint density at radius 3 is 2.43 bits per heavy atom. The Morgan fingerprint density at radius 1 is 1.17 bits per heavy atom. The summed E-state index contributed by atoms with van der Waals surface area (Å²) < 4.78 is 63.3. The summed E-state index contributed by atoms with van der Waals surface area (Å²) >= 11 is 12.3. The van der Waals surface area contributed by atoms with Crippen molar-refractivity contribution in [3.63, 3.8) is 0 Å². The standard InChI is InChI=1S/C19H20Cl2F3N3O2S/c1-4-9-27(18-11-14(20)6-7-16(18)21)25-13(3)15-10-12(2)5-8-17(15)26-30(28,29)19(22,23)24/h5-8,10-11,26H,4,9H2,1-3H3/b25-13+. The second kappa shape index (κ2) is 9.45. The molecule has 0 fully saturated rings. The molecule has 2 aromatic rings. The number of sulfonamides is 1. The summed E-state index contributed by atoms with van der Waals surface area (Å²) in [5.41, 5.74) is -3.92. The Bertz CT molecular complexity index is 1060. The number of anilines is 2. The van der Waals surface area contributed by atoms with E-state index in [1.54, 1.807) is 47.8 Å². The number of nitrogens with zero attached hydrogens (tertiary/aromatic N) is 2. The van der Waals surface area contributed by atoms with E-state index in [1.165, 1.54) is 12.1 Å². The topological polar surface area (TPSA) is 61.8 Å². The molecule has 0 saturated carbocycles. The highest BCUT2D eigenvalue weighted by Gasteiger charge is 2.46. The van der Waals surface area contributed by atoms with Gasteiger partial charge in [0.1, 0.15) is 0 Å². The lowest BCUT2D eigenvalue weighted by Gasteiger charge is -2.22. The van der Waals surface area contributed by atoms with Crippen molar-refractivity contribution in [3.05, 3.63) is 57.6 Å². The van der Waals surface area contributed by atoms with Crippen LogP contribution >= 0.6 is 23.2 Å². The van der Waals surface area contributed by atoms with Gasteiger partial charge >= 0.3 is 15.5 Å². The van der Waals surface area contributed by atoms with E-state index in [9.17, 15) is 21.6 Å². The number of benzene rings is 2. The summed E-state index contributed by atoms with van der Waals surface area (Å²) in [6, 6.07) is 9.18. The molecule has 2 aromatic carbocycles. The van der Waals surface area contributed by atoms with Gasteiger partial charge in [0.05, 0.1) is 22.1 Å². The normalized spacial score (nSPS) is 12.7. The molecule has 0 radical (unpaired) electrons. The maximum Gasteiger partial charge on any atom is 0.516 e. The number of rotatable bonds is 7. The first-order chi connectivity index (χ1) is 13.9. The lowest BCUT2D eigenvalue weighted by Crippen LogP contribution is -2.30. The number of hydrazone groups is 1. The number of alkyl halides is 3. The summed E-state index contributed by atoms with van der Waals surface area (Å²) in [5.74, 6) is 0. The zero-order valence-electron chi connectivity index (χ0n) is 16.4. The first kappa shape index (κ1) is 24.3. The SMILES string of the molecule is CCCN(/N=C(\C)c1cc(C)ccc1NS(=O)(=O)C(F)(F)F)c1cc(Cl)ccc1Cl. The molecule has 30 heavy (non-hydrogen) atoms. The number of nitrogens with one attached hydrogen (secondary N) is 1. The molecule has 0 aromatic heterocycles. The van der Waals surface area contributed by atoms with Crippen molar-refractivity contribution in [2.45, 2.75) is 32.7 Å². The van der Waals surface area contributed by atoms with Gasteiger partial charge in [-0.25, -0.2) is 0 Å². The maximum absolute atomic E-state index is 12.8. The second-order valence-corrected chi connectivity index (χ2v) is 9.02. The first-order valence-electron chi connectivity index (χ1n) is 8.83. The van der Waals surface area contributed by atoms with Crippen LogP contribution in [0.25, 0.3) is 0 Å². The highest BCUT2D eigenvalue weighted by molar-refractivity contribution is 7.93.